The van der Waals surface area contributed by atoms with Crippen LogP contribution >= 0.6 is 23.4 Å². The van der Waals surface area contributed by atoms with Crippen molar-refractivity contribution in [3.63, 3.8) is 0 Å². The minimum atomic E-state index is -1.37. The molecule has 2 unspecified atom stereocenters. The van der Waals surface area contributed by atoms with E-state index in [1.807, 2.05) is 96.0 Å². The van der Waals surface area contributed by atoms with E-state index in [4.69, 9.17) is 21.4 Å². The molecule has 2 atom stereocenters. The second-order valence-corrected chi connectivity index (χ2v) is 10.9. The van der Waals surface area contributed by atoms with Gasteiger partial charge in [0.05, 0.1) is 22.3 Å². The fourth-order valence-corrected chi connectivity index (χ4v) is 6.61. The lowest BCUT2D eigenvalue weighted by Gasteiger charge is -2.49. The Morgan fingerprint density at radius 1 is 0.974 bits per heavy atom. The third-order valence-corrected chi connectivity index (χ3v) is 8.32. The summed E-state index contributed by atoms with van der Waals surface area (Å²) >= 11 is 7.58. The van der Waals surface area contributed by atoms with Crippen molar-refractivity contribution < 1.29 is 14.6 Å². The lowest BCUT2D eigenvalue weighted by Crippen LogP contribution is -2.63. The van der Waals surface area contributed by atoms with Crippen LogP contribution in [0.2, 0.25) is 5.02 Å². The van der Waals surface area contributed by atoms with Crippen LogP contribution in [0.25, 0.3) is 6.08 Å². The van der Waals surface area contributed by atoms with Crippen molar-refractivity contribution in [3.8, 4) is 11.5 Å². The zero-order valence-corrected chi connectivity index (χ0v) is 22.1. The molecule has 4 aromatic carbocycles. The quantitative estimate of drug-likeness (QED) is 0.283. The lowest BCUT2D eigenvalue weighted by molar-refractivity contribution is -0.0763. The minimum absolute atomic E-state index is 0.171. The summed E-state index contributed by atoms with van der Waals surface area (Å²) in [4.78, 5) is 16.2. The summed E-state index contributed by atoms with van der Waals surface area (Å²) in [6, 6.07) is 31.8. The Morgan fingerprint density at radius 2 is 1.69 bits per heavy atom. The van der Waals surface area contributed by atoms with Crippen LogP contribution in [0.15, 0.2) is 113 Å². The Labute approximate surface area is 234 Å². The monoisotopic (exact) mass is 551 g/mol. The van der Waals surface area contributed by atoms with Crippen molar-refractivity contribution in [2.45, 2.75) is 18.3 Å². The molecule has 3 heterocycles. The first-order chi connectivity index (χ1) is 19.0. The van der Waals surface area contributed by atoms with Crippen molar-refractivity contribution in [1.82, 2.24) is 5.01 Å². The summed E-state index contributed by atoms with van der Waals surface area (Å²) < 4.78 is 6.91. The third-order valence-electron chi connectivity index (χ3n) is 7.12. The molecule has 1 N–H and O–H groups in total. The fraction of sp³-hybridized carbons (Fsp3) is 0.0968. The molecule has 0 saturated carbocycles. The number of nitrogens with zero attached hydrogens (tertiary/aromatic N) is 3. The number of fused-ring (bicyclic) bond motifs is 4. The second-order valence-electron chi connectivity index (χ2n) is 9.51. The van der Waals surface area contributed by atoms with Crippen LogP contribution in [0.5, 0.6) is 11.5 Å². The van der Waals surface area contributed by atoms with E-state index in [-0.39, 0.29) is 17.0 Å². The lowest BCUT2D eigenvalue weighted by atomic mass is 9.95. The number of hydrazone groups is 1. The van der Waals surface area contributed by atoms with Gasteiger partial charge in [-0.3, -0.25) is 4.79 Å². The Balaban J connectivity index is 1.49. The molecule has 0 radical (unpaired) electrons. The molecule has 0 aliphatic carbocycles. The van der Waals surface area contributed by atoms with Gasteiger partial charge in [-0.2, -0.15) is 5.10 Å². The SMILES string of the molecule is O=C1S/C(=C\c2ccc(O)cc2)C2(Oc3ccc(Cl)cc3C3CC(c4ccccc4)=NN32)N1c1ccccc1. The van der Waals surface area contributed by atoms with Gasteiger partial charge in [0.15, 0.2) is 0 Å². The van der Waals surface area contributed by atoms with Gasteiger partial charge in [-0.15, -0.1) is 0 Å². The van der Waals surface area contributed by atoms with Gasteiger partial charge in [-0.1, -0.05) is 72.3 Å². The summed E-state index contributed by atoms with van der Waals surface area (Å²) in [5.41, 5.74) is 4.36. The number of para-hydroxylation sites is 1. The third kappa shape index (κ3) is 3.88. The molecule has 0 aromatic heterocycles. The summed E-state index contributed by atoms with van der Waals surface area (Å²) in [5, 5.41) is 17.3. The molecule has 1 fully saturated rings. The number of phenolic OH excluding ortho intramolecular Hbond substituents is 1. The van der Waals surface area contributed by atoms with E-state index in [1.165, 1.54) is 0 Å². The molecule has 4 aromatic rings. The smallest absolute Gasteiger partial charge is 0.321 e. The molecule has 6 nitrogen and oxygen atoms in total. The molecule has 3 aliphatic heterocycles. The second kappa shape index (κ2) is 9.22. The molecule has 1 amide bonds. The van der Waals surface area contributed by atoms with Crippen LogP contribution in [-0.2, 0) is 0 Å². The van der Waals surface area contributed by atoms with Crippen LogP contribution in [0, 0.1) is 0 Å². The molecule has 7 rings (SSSR count). The van der Waals surface area contributed by atoms with Crippen molar-refractivity contribution in [2.24, 2.45) is 5.10 Å². The fourth-order valence-electron chi connectivity index (χ4n) is 5.36. The van der Waals surface area contributed by atoms with Gasteiger partial charge < -0.3 is 9.84 Å². The highest BCUT2D eigenvalue weighted by Gasteiger charge is 2.63. The average molecular weight is 552 g/mol. The zero-order valence-electron chi connectivity index (χ0n) is 20.6. The van der Waals surface area contributed by atoms with E-state index in [0.717, 1.165) is 34.2 Å². The molecule has 192 valence electrons. The standard InChI is InChI=1S/C31H22ClN3O3S/c32-22-13-16-28-25(18-22)27-19-26(21-7-3-1-4-8-21)33-35(27)31(38-28)29(17-20-11-14-24(36)15-12-20)39-30(37)34(31)23-9-5-2-6-10-23/h1-18,27,36H,19H2/b29-17-. The molecule has 39 heavy (non-hydrogen) atoms. The number of aromatic hydroxyl groups is 1. The van der Waals surface area contributed by atoms with Crippen molar-refractivity contribution >= 4 is 46.1 Å². The van der Waals surface area contributed by atoms with Crippen molar-refractivity contribution in [2.75, 3.05) is 4.90 Å². The predicted octanol–water partition coefficient (Wildman–Crippen LogP) is 7.66. The first kappa shape index (κ1) is 23.9. The van der Waals surface area contributed by atoms with Gasteiger partial charge in [-0.25, -0.2) is 9.91 Å². The maximum Gasteiger partial charge on any atom is 0.321 e. The summed E-state index contributed by atoms with van der Waals surface area (Å²) in [5.74, 6) is -0.550. The predicted molar refractivity (Wildman–Crippen MR) is 155 cm³/mol. The number of benzene rings is 4. The topological polar surface area (TPSA) is 65.4 Å². The maximum atomic E-state index is 13.8. The van der Waals surface area contributed by atoms with Crippen molar-refractivity contribution in [3.05, 3.63) is 130 Å². The van der Waals surface area contributed by atoms with Crippen LogP contribution in [-0.4, -0.2) is 26.9 Å². The van der Waals surface area contributed by atoms with Gasteiger partial charge in [0.25, 0.3) is 5.24 Å². The molecular weight excluding hydrogens is 530 g/mol. The number of carbonyl (C=O) groups is 1. The summed E-state index contributed by atoms with van der Waals surface area (Å²) in [6.45, 7) is 0. The average Bonchev–Trinajstić information content (AvgIpc) is 3.52. The van der Waals surface area contributed by atoms with E-state index in [1.54, 1.807) is 23.1 Å². The molecular formula is C31H22ClN3O3S. The number of rotatable bonds is 3. The Kier molecular flexibility index (Phi) is 5.65. The largest absolute Gasteiger partial charge is 0.508 e. The zero-order chi connectivity index (χ0) is 26.6. The number of carbonyl (C=O) groups excluding carboxylic acids is 1. The number of halogens is 1. The van der Waals surface area contributed by atoms with E-state index in [0.29, 0.717) is 27.8 Å². The number of hydrogen-bond acceptors (Lipinski definition) is 6. The van der Waals surface area contributed by atoms with Crippen LogP contribution < -0.4 is 9.64 Å². The molecule has 8 heteroatoms. The van der Waals surface area contributed by atoms with Crippen LogP contribution in [0.1, 0.15) is 29.2 Å². The van der Waals surface area contributed by atoms with Gasteiger partial charge in [-0.05, 0) is 71.4 Å². The molecule has 3 aliphatic rings. The number of phenols is 1. The molecule has 1 spiro atoms. The highest BCUT2D eigenvalue weighted by Crippen LogP contribution is 2.57. The normalized spacial score (nSPS) is 22.6. The Bertz CT molecular complexity index is 1640. The highest BCUT2D eigenvalue weighted by atomic mass is 35.5. The Hall–Kier alpha value is -4.20. The number of anilines is 1. The minimum Gasteiger partial charge on any atom is -0.508 e. The Morgan fingerprint density at radius 3 is 2.44 bits per heavy atom. The van der Waals surface area contributed by atoms with E-state index >= 15 is 0 Å². The number of ether oxygens (including phenoxy) is 1. The van der Waals surface area contributed by atoms with Gasteiger partial charge in [0.1, 0.15) is 11.5 Å². The first-order valence-corrected chi connectivity index (χ1v) is 13.7. The van der Waals surface area contributed by atoms with Crippen molar-refractivity contribution in [1.29, 1.82) is 0 Å². The first-order valence-electron chi connectivity index (χ1n) is 12.5. The van der Waals surface area contributed by atoms with E-state index in [2.05, 4.69) is 0 Å². The van der Waals surface area contributed by atoms with Gasteiger partial charge in [0, 0.05) is 17.0 Å². The number of hydrogen-bond donors (Lipinski definition) is 1. The maximum absolute atomic E-state index is 13.8. The van der Waals surface area contributed by atoms with Gasteiger partial charge in [0.2, 0.25) is 0 Å². The van der Waals surface area contributed by atoms with E-state index in [9.17, 15) is 9.90 Å². The summed E-state index contributed by atoms with van der Waals surface area (Å²) in [6.07, 6.45) is 2.55. The number of thioether (sulfide) groups is 1. The molecule has 1 saturated heterocycles. The summed E-state index contributed by atoms with van der Waals surface area (Å²) in [7, 11) is 0. The van der Waals surface area contributed by atoms with E-state index < -0.39 is 5.85 Å². The van der Waals surface area contributed by atoms with Crippen LogP contribution in [0.3, 0.4) is 0 Å². The van der Waals surface area contributed by atoms with Gasteiger partial charge >= 0.3 is 5.85 Å². The molecule has 0 bridgehead atoms. The highest BCUT2D eigenvalue weighted by molar-refractivity contribution is 8.17. The number of amides is 1. The van der Waals surface area contributed by atoms with Crippen LogP contribution in [0.4, 0.5) is 10.5 Å².